The molecule has 0 saturated heterocycles. The molecule has 0 aliphatic heterocycles. The molecule has 0 saturated carbocycles. The number of amides is 1. The molecule has 0 fully saturated rings. The van der Waals surface area contributed by atoms with Gasteiger partial charge in [0, 0.05) is 5.56 Å². The molecule has 0 unspecified atom stereocenters. The van der Waals surface area contributed by atoms with Gasteiger partial charge in [-0.15, -0.1) is 11.6 Å². The Morgan fingerprint density at radius 3 is 2.57 bits per heavy atom. The van der Waals surface area contributed by atoms with Crippen molar-refractivity contribution in [2.45, 2.75) is 13.5 Å². The van der Waals surface area contributed by atoms with Crippen molar-refractivity contribution in [2.24, 2.45) is 0 Å². The van der Waals surface area contributed by atoms with Gasteiger partial charge < -0.3 is 10.0 Å². The molecule has 0 aliphatic rings. The highest BCUT2D eigenvalue weighted by Gasteiger charge is 2.19. The monoisotopic (exact) mass is 323 g/mol. The van der Waals surface area contributed by atoms with E-state index in [0.717, 1.165) is 5.56 Å². The van der Waals surface area contributed by atoms with Gasteiger partial charge in [0.1, 0.15) is 11.6 Å². The van der Waals surface area contributed by atoms with Crippen LogP contribution < -0.4 is 4.90 Å². The van der Waals surface area contributed by atoms with Crippen LogP contribution >= 0.6 is 23.2 Å². The molecule has 0 bridgehead atoms. The van der Waals surface area contributed by atoms with E-state index in [1.54, 1.807) is 36.4 Å². The van der Waals surface area contributed by atoms with Gasteiger partial charge in [-0.3, -0.25) is 4.79 Å². The molecular formula is C16H15Cl2NO2. The third-order valence-corrected chi connectivity index (χ3v) is 3.66. The molecule has 1 amide bonds. The van der Waals surface area contributed by atoms with Crippen LogP contribution in [0.4, 0.5) is 5.69 Å². The molecule has 5 heteroatoms. The van der Waals surface area contributed by atoms with Crippen LogP contribution in [-0.2, 0) is 11.3 Å². The van der Waals surface area contributed by atoms with Crippen molar-refractivity contribution >= 4 is 34.8 Å². The van der Waals surface area contributed by atoms with Crippen LogP contribution in [0.5, 0.6) is 5.75 Å². The molecule has 3 nitrogen and oxygen atoms in total. The molecule has 0 spiro atoms. The SMILES string of the molecule is Cc1ccc(N(Cc2ccccc2O)C(=O)CCl)c(Cl)c1. The summed E-state index contributed by atoms with van der Waals surface area (Å²) in [6.45, 7) is 2.13. The zero-order valence-corrected chi connectivity index (χ0v) is 13.0. The Morgan fingerprint density at radius 2 is 1.95 bits per heavy atom. The molecule has 1 N–H and O–H groups in total. The number of phenols is 1. The third-order valence-electron chi connectivity index (χ3n) is 3.13. The fourth-order valence-corrected chi connectivity index (χ4v) is 2.51. The summed E-state index contributed by atoms with van der Waals surface area (Å²) in [5.74, 6) is -0.295. The first-order valence-electron chi connectivity index (χ1n) is 6.42. The number of para-hydroxylation sites is 1. The van der Waals surface area contributed by atoms with E-state index in [2.05, 4.69) is 0 Å². The van der Waals surface area contributed by atoms with Crippen LogP contribution in [0.1, 0.15) is 11.1 Å². The smallest absolute Gasteiger partial charge is 0.242 e. The highest BCUT2D eigenvalue weighted by Crippen LogP contribution is 2.30. The summed E-state index contributed by atoms with van der Waals surface area (Å²) in [5, 5.41) is 10.3. The largest absolute Gasteiger partial charge is 0.508 e. The van der Waals surface area contributed by atoms with Crippen LogP contribution in [0, 0.1) is 6.92 Å². The van der Waals surface area contributed by atoms with Crippen LogP contribution in [0.15, 0.2) is 42.5 Å². The van der Waals surface area contributed by atoms with Gasteiger partial charge in [-0.25, -0.2) is 0 Å². The van der Waals surface area contributed by atoms with E-state index in [9.17, 15) is 9.90 Å². The number of nitrogens with zero attached hydrogens (tertiary/aromatic N) is 1. The molecule has 110 valence electrons. The highest BCUT2D eigenvalue weighted by atomic mass is 35.5. The zero-order chi connectivity index (χ0) is 15.4. The Hall–Kier alpha value is -1.71. The molecular weight excluding hydrogens is 309 g/mol. The quantitative estimate of drug-likeness (QED) is 0.859. The summed E-state index contributed by atoms with van der Waals surface area (Å²) in [7, 11) is 0. The number of carbonyl (C=O) groups is 1. The minimum Gasteiger partial charge on any atom is -0.508 e. The summed E-state index contributed by atoms with van der Waals surface area (Å²) in [5.41, 5.74) is 2.22. The fraction of sp³-hybridized carbons (Fsp3) is 0.188. The summed E-state index contributed by atoms with van der Waals surface area (Å²) in [4.78, 5) is 13.6. The van der Waals surface area contributed by atoms with E-state index in [0.29, 0.717) is 16.3 Å². The number of aromatic hydroxyl groups is 1. The van der Waals surface area contributed by atoms with E-state index >= 15 is 0 Å². The number of aryl methyl sites for hydroxylation is 1. The van der Waals surface area contributed by atoms with Gasteiger partial charge in [0.2, 0.25) is 5.91 Å². The Kier molecular flexibility index (Phi) is 5.10. The van der Waals surface area contributed by atoms with Crippen LogP contribution in [-0.4, -0.2) is 16.9 Å². The Balaban J connectivity index is 2.40. The van der Waals surface area contributed by atoms with Crippen molar-refractivity contribution in [3.8, 4) is 5.75 Å². The average molecular weight is 324 g/mol. The lowest BCUT2D eigenvalue weighted by atomic mass is 10.1. The van der Waals surface area contributed by atoms with E-state index in [4.69, 9.17) is 23.2 Å². The van der Waals surface area contributed by atoms with Gasteiger partial charge in [-0.1, -0.05) is 35.9 Å². The molecule has 0 atom stereocenters. The number of benzene rings is 2. The number of halogens is 2. The Labute approximate surface area is 133 Å². The average Bonchev–Trinajstić information content (AvgIpc) is 2.46. The van der Waals surface area contributed by atoms with E-state index in [-0.39, 0.29) is 24.1 Å². The predicted molar refractivity (Wildman–Crippen MR) is 86.2 cm³/mol. The number of phenolic OH excluding ortho intramolecular Hbond substituents is 1. The van der Waals surface area contributed by atoms with Crippen LogP contribution in [0.3, 0.4) is 0 Å². The predicted octanol–water partition coefficient (Wildman–Crippen LogP) is 4.13. The molecule has 0 heterocycles. The minimum atomic E-state index is -0.273. The second-order valence-electron chi connectivity index (χ2n) is 4.70. The summed E-state index contributed by atoms with van der Waals surface area (Å²) < 4.78 is 0. The first kappa shape index (κ1) is 15.7. The van der Waals surface area contributed by atoms with Crippen LogP contribution in [0.2, 0.25) is 5.02 Å². The van der Waals surface area contributed by atoms with Crippen molar-refractivity contribution in [1.29, 1.82) is 0 Å². The number of hydrogen-bond acceptors (Lipinski definition) is 2. The first-order valence-corrected chi connectivity index (χ1v) is 7.33. The Bertz CT molecular complexity index is 658. The summed E-state index contributed by atoms with van der Waals surface area (Å²) in [6.07, 6.45) is 0. The second kappa shape index (κ2) is 6.83. The van der Waals surface area contributed by atoms with E-state index < -0.39 is 0 Å². The maximum atomic E-state index is 12.1. The Morgan fingerprint density at radius 1 is 1.24 bits per heavy atom. The molecule has 2 rings (SSSR count). The van der Waals surface area contributed by atoms with Crippen molar-refractivity contribution in [1.82, 2.24) is 0 Å². The summed E-state index contributed by atoms with van der Waals surface area (Å²) in [6, 6.07) is 12.3. The maximum absolute atomic E-state index is 12.1. The standard InChI is InChI=1S/C16H15Cl2NO2/c1-11-6-7-14(13(18)8-11)19(16(21)9-17)10-12-4-2-3-5-15(12)20/h2-8,20H,9-10H2,1H3. The highest BCUT2D eigenvalue weighted by molar-refractivity contribution is 6.35. The van der Waals surface area contributed by atoms with Crippen molar-refractivity contribution in [2.75, 3.05) is 10.8 Å². The number of rotatable bonds is 4. The number of carbonyl (C=O) groups excluding carboxylic acids is 1. The lowest BCUT2D eigenvalue weighted by Gasteiger charge is -2.24. The molecule has 2 aromatic carbocycles. The van der Waals surface area contributed by atoms with E-state index in [1.165, 1.54) is 4.90 Å². The minimum absolute atomic E-state index is 0.133. The third kappa shape index (κ3) is 3.69. The zero-order valence-electron chi connectivity index (χ0n) is 11.5. The van der Waals surface area contributed by atoms with Gasteiger partial charge in [0.05, 0.1) is 17.3 Å². The molecule has 0 aromatic heterocycles. The summed E-state index contributed by atoms with van der Waals surface area (Å²) >= 11 is 11.9. The van der Waals surface area contributed by atoms with Gasteiger partial charge in [-0.2, -0.15) is 0 Å². The van der Waals surface area contributed by atoms with E-state index in [1.807, 2.05) is 13.0 Å². The van der Waals surface area contributed by atoms with Crippen molar-refractivity contribution < 1.29 is 9.90 Å². The molecule has 21 heavy (non-hydrogen) atoms. The fourth-order valence-electron chi connectivity index (χ4n) is 2.03. The second-order valence-corrected chi connectivity index (χ2v) is 5.37. The normalized spacial score (nSPS) is 10.4. The van der Waals surface area contributed by atoms with Gasteiger partial charge in [0.25, 0.3) is 0 Å². The number of alkyl halides is 1. The van der Waals surface area contributed by atoms with Gasteiger partial charge in [0.15, 0.2) is 0 Å². The molecule has 2 aromatic rings. The topological polar surface area (TPSA) is 40.5 Å². The molecule has 0 aliphatic carbocycles. The number of anilines is 1. The van der Waals surface area contributed by atoms with Crippen molar-refractivity contribution in [3.05, 3.63) is 58.6 Å². The van der Waals surface area contributed by atoms with Gasteiger partial charge in [-0.05, 0) is 30.7 Å². The first-order chi connectivity index (χ1) is 10.0. The number of hydrogen-bond donors (Lipinski definition) is 1. The maximum Gasteiger partial charge on any atom is 0.242 e. The molecule has 0 radical (unpaired) electrons. The lowest BCUT2D eigenvalue weighted by Crippen LogP contribution is -2.31. The van der Waals surface area contributed by atoms with Crippen LogP contribution in [0.25, 0.3) is 0 Å². The van der Waals surface area contributed by atoms with Crippen molar-refractivity contribution in [3.63, 3.8) is 0 Å². The van der Waals surface area contributed by atoms with Gasteiger partial charge >= 0.3 is 0 Å². The lowest BCUT2D eigenvalue weighted by molar-refractivity contribution is -0.116.